The van der Waals surface area contributed by atoms with Crippen molar-refractivity contribution in [2.45, 2.75) is 91.1 Å². The summed E-state index contributed by atoms with van der Waals surface area (Å²) >= 11 is 5.27. The zero-order chi connectivity index (χ0) is 91.1. The van der Waals surface area contributed by atoms with Crippen LogP contribution >= 0.6 is 11.6 Å². The lowest BCUT2D eigenvalue weighted by Crippen LogP contribution is -2.39. The number of carbonyl (C=O) groups is 8. The number of halogens is 5. The molecule has 28 nitrogen and oxygen atoms in total. The van der Waals surface area contributed by atoms with Crippen LogP contribution in [0.15, 0.2) is 261 Å². The topological polar surface area (TPSA) is 417 Å². The number of nitrogens with one attached hydrogen (secondary N) is 4. The van der Waals surface area contributed by atoms with Crippen LogP contribution in [0.25, 0.3) is 23.0 Å². The van der Waals surface area contributed by atoms with E-state index in [1.165, 1.54) is 78.2 Å². The van der Waals surface area contributed by atoms with Gasteiger partial charge in [-0.2, -0.15) is 0 Å². The average molecular weight is 1760 g/mol. The second kappa shape index (κ2) is 47.8. The van der Waals surface area contributed by atoms with Crippen LogP contribution in [0, 0.1) is 34.1 Å². The number of carbonyl (C=O) groups excluding carboxylic acids is 8. The molecule has 658 valence electrons. The van der Waals surface area contributed by atoms with E-state index in [0.29, 0.717) is 73.2 Å². The lowest BCUT2D eigenvalue weighted by Gasteiger charge is -2.24. The van der Waals surface area contributed by atoms with Crippen molar-refractivity contribution in [3.63, 3.8) is 0 Å². The van der Waals surface area contributed by atoms with Gasteiger partial charge in [-0.3, -0.25) is 44.4 Å². The van der Waals surface area contributed by atoms with Gasteiger partial charge >= 0.3 is 5.97 Å². The fraction of sp³-hybridized carbons (Fsp3) is 0.189. The van der Waals surface area contributed by atoms with Crippen LogP contribution in [-0.4, -0.2) is 162 Å². The van der Waals surface area contributed by atoms with E-state index in [1.54, 1.807) is 188 Å². The first-order valence-electron chi connectivity index (χ1n) is 39.5. The normalized spacial score (nSPS) is 12.4. The van der Waals surface area contributed by atoms with E-state index in [1.807, 2.05) is 12.1 Å². The third kappa shape index (κ3) is 27.5. The first-order valence-corrected chi connectivity index (χ1v) is 39.9. The first kappa shape index (κ1) is 96.9. The van der Waals surface area contributed by atoms with Gasteiger partial charge in [0.05, 0.1) is 59.9 Å². The molecule has 1 saturated heterocycles. The number of pyridine rings is 3. The summed E-state index contributed by atoms with van der Waals surface area (Å²) in [6, 6.07) is 64.2. The van der Waals surface area contributed by atoms with Gasteiger partial charge in [0.15, 0.2) is 46.9 Å². The SMILES string of the molecule is C.C[C@H](CO)N(C=N)C(=N)c1cccc(N)n1.C[C@H](CO)n1cnnc1-c1cccc(NC(=O)c2cc(CC(=O)c3ccccc3)ccc2F)n1.C[C@H](COC(=O)c1cc(CC(=O)c2ccccc2)ccc1F)n1cnnc1-c1cccc(NC(=O)c2cc(CC(=O)c3ccccc3)ccc2F)n1.O=C(Cc1ccc(F)c(C(=O)Cl)c1)c1ccccc1.OC1CCCO1. The van der Waals surface area contributed by atoms with E-state index in [0.717, 1.165) is 44.0 Å². The number of amides is 2. The molecule has 13 aromatic rings. The minimum atomic E-state index is -0.906. The average Bonchev–Trinajstić information content (AvgIpc) is 1.60. The van der Waals surface area contributed by atoms with Crippen LogP contribution in [0.5, 0.6) is 0 Å². The summed E-state index contributed by atoms with van der Waals surface area (Å²) < 4.78 is 70.6. The minimum Gasteiger partial charge on any atom is -0.460 e. The molecule has 1 fully saturated rings. The molecule has 4 atom stereocenters. The fourth-order valence-corrected chi connectivity index (χ4v) is 12.5. The van der Waals surface area contributed by atoms with Gasteiger partial charge in [0.25, 0.3) is 17.1 Å². The molecule has 1 unspecified atom stereocenters. The number of anilines is 3. The second-order valence-corrected chi connectivity index (χ2v) is 28.9. The largest absolute Gasteiger partial charge is 0.460 e. The Labute approximate surface area is 738 Å². The Bertz CT molecular complexity index is 6030. The minimum absolute atomic E-state index is 0. The van der Waals surface area contributed by atoms with Crippen molar-refractivity contribution in [2.75, 3.05) is 42.8 Å². The number of nitrogens with zero attached hydrogens (tertiary/aromatic N) is 10. The Hall–Kier alpha value is -15.0. The third-order valence-electron chi connectivity index (χ3n) is 19.2. The van der Waals surface area contributed by atoms with Gasteiger partial charge < -0.3 is 55.2 Å². The number of hydrogen-bond acceptors (Lipinski definition) is 23. The summed E-state index contributed by atoms with van der Waals surface area (Å²) in [6.45, 7) is 5.55. The Morgan fingerprint density at radius 1 is 0.523 bits per heavy atom. The number of nitrogens with two attached hydrogens (primary N) is 1. The van der Waals surface area contributed by atoms with E-state index in [4.69, 9.17) is 47.8 Å². The molecule has 9 N–H and O–H groups in total. The zero-order valence-electron chi connectivity index (χ0n) is 68.6. The summed E-state index contributed by atoms with van der Waals surface area (Å²) in [5.41, 5.74) is 9.80. The van der Waals surface area contributed by atoms with Crippen molar-refractivity contribution in [3.8, 4) is 23.0 Å². The first-order chi connectivity index (χ1) is 61.2. The van der Waals surface area contributed by atoms with Crippen molar-refractivity contribution >= 4 is 87.4 Å². The molecular weight excluding hydrogens is 1670 g/mol. The molecule has 1 aliphatic heterocycles. The van der Waals surface area contributed by atoms with E-state index >= 15 is 0 Å². The quantitative estimate of drug-likeness (QED) is 0.00539. The Balaban J connectivity index is 0.000000207. The number of ether oxygens (including phenoxy) is 2. The number of benzene rings is 8. The molecule has 0 radical (unpaired) electrons. The summed E-state index contributed by atoms with van der Waals surface area (Å²) in [6.07, 6.45) is 5.38. The van der Waals surface area contributed by atoms with Crippen LogP contribution in [0.4, 0.5) is 35.0 Å². The van der Waals surface area contributed by atoms with Gasteiger partial charge in [0.1, 0.15) is 77.1 Å². The monoisotopic (exact) mass is 1760 g/mol. The predicted molar refractivity (Wildman–Crippen MR) is 473 cm³/mol. The Kier molecular flexibility index (Phi) is 36.2. The third-order valence-corrected chi connectivity index (χ3v) is 19.4. The number of esters is 1. The van der Waals surface area contributed by atoms with Crippen molar-refractivity contribution in [1.29, 1.82) is 10.8 Å². The molecule has 33 heteroatoms. The van der Waals surface area contributed by atoms with E-state index in [2.05, 4.69) is 46.0 Å². The van der Waals surface area contributed by atoms with Gasteiger partial charge in [0, 0.05) is 61.0 Å². The van der Waals surface area contributed by atoms with Crippen molar-refractivity contribution in [1.82, 2.24) is 49.4 Å². The van der Waals surface area contributed by atoms with Gasteiger partial charge in [-0.25, -0.2) is 37.3 Å². The van der Waals surface area contributed by atoms with Gasteiger partial charge in [0.2, 0.25) is 0 Å². The van der Waals surface area contributed by atoms with Crippen LogP contribution in [0.1, 0.15) is 164 Å². The molecular formula is C95H90ClF4N15O13. The molecule has 0 bridgehead atoms. The summed E-state index contributed by atoms with van der Waals surface area (Å²) in [5, 5.41) is 62.4. The summed E-state index contributed by atoms with van der Waals surface area (Å²) in [7, 11) is 0. The molecule has 2 amide bonds. The highest BCUT2D eigenvalue weighted by molar-refractivity contribution is 6.67. The molecule has 8 aromatic carbocycles. The van der Waals surface area contributed by atoms with Crippen LogP contribution in [-0.2, 0) is 35.2 Å². The molecule has 128 heavy (non-hydrogen) atoms. The van der Waals surface area contributed by atoms with E-state index < -0.39 is 58.6 Å². The highest BCUT2D eigenvalue weighted by Gasteiger charge is 2.25. The smallest absolute Gasteiger partial charge is 0.341 e. The molecule has 6 heterocycles. The van der Waals surface area contributed by atoms with Crippen molar-refractivity contribution in [2.24, 2.45) is 0 Å². The highest BCUT2D eigenvalue weighted by Crippen LogP contribution is 2.27. The number of aliphatic hydroxyl groups is 3. The molecule has 0 aliphatic carbocycles. The number of aromatic nitrogens is 9. The zero-order valence-corrected chi connectivity index (χ0v) is 69.4. The fourth-order valence-electron chi connectivity index (χ4n) is 12.4. The molecule has 14 rings (SSSR count). The van der Waals surface area contributed by atoms with E-state index in [9.17, 15) is 61.0 Å². The highest BCUT2D eigenvalue weighted by atomic mass is 35.5. The van der Waals surface area contributed by atoms with E-state index in [-0.39, 0.29) is 134 Å². The second-order valence-electron chi connectivity index (χ2n) is 28.6. The maximum atomic E-state index is 14.8. The Morgan fingerprint density at radius 3 is 1.27 bits per heavy atom. The molecule has 1 aliphatic rings. The summed E-state index contributed by atoms with van der Waals surface area (Å²) in [4.78, 5) is 114. The van der Waals surface area contributed by atoms with Crippen molar-refractivity contribution < 1.29 is 80.7 Å². The molecule has 5 aromatic heterocycles. The van der Waals surface area contributed by atoms with Gasteiger partial charge in [-0.1, -0.05) is 171 Å². The Morgan fingerprint density at radius 2 is 0.906 bits per heavy atom. The van der Waals surface area contributed by atoms with Crippen LogP contribution in [0.3, 0.4) is 0 Å². The number of amidine groups is 1. The maximum Gasteiger partial charge on any atom is 0.341 e. The van der Waals surface area contributed by atoms with Gasteiger partial charge in [-0.15, -0.1) is 20.4 Å². The number of hydrogen-bond donors (Lipinski definition) is 8. The maximum absolute atomic E-state index is 14.8. The lowest BCUT2D eigenvalue weighted by molar-refractivity contribution is -0.0589. The summed E-state index contributed by atoms with van der Waals surface area (Å²) in [5.74, 6) is -4.52. The standard InChI is InChI=1S/C40H31F2N5O5.C25H22FN5O3.C15H10ClFO2.C10H15N5O.C4H8O2.CH4/c1-25(23-52-40(51)31-20-27(16-18-33(31)42)22-36(49)29-11-6-3-7-12-29)47-24-43-46-38(47)34-13-8-14-37(44-34)45-39(50)30-19-26(15-17-32(30)41)21-35(48)28-9-4-2-5-10-28;1-16(14-32)31-15-27-30-24(31)21-8-5-9-23(28-21)29-25(34)19-12-17(10-11-20(19)26)13-22(33)18-6-3-2-4-7-18;16-15(19)12-8-10(6-7-13(12)17)9-14(18)11-4-2-1-3-5-11;1-7(5-16)15(6-11)10(13)8-3-2-4-9(12)14-8;5-4-2-1-3-6-4;/h2-20,24-25H,21-23H2,1H3,(H,44,45,50);2-12,15-16,32H,13-14H2,1H3,(H,28,29,34);1-8H,9H2;2-4,6-7,11,13,16H,5H2,1H3,(H2,12,14);4-5H,1-3H2;1H4/t25-;16-;;7-;;/m11.1../s1. The number of nitrogen functional groups attached to an aromatic ring is 1. The lowest BCUT2D eigenvalue weighted by atomic mass is 10.0. The number of aliphatic hydroxyl groups excluding tert-OH is 3. The molecule has 0 spiro atoms. The van der Waals surface area contributed by atoms with Gasteiger partial charge in [-0.05, 0) is 146 Å². The number of Topliss-reactive ketones (excluding diaryl/α,β-unsaturated/α-hetero) is 4. The predicted octanol–water partition coefficient (Wildman–Crippen LogP) is 15.5. The van der Waals surface area contributed by atoms with Crippen LogP contribution in [0.2, 0.25) is 0 Å². The number of rotatable bonds is 29. The van der Waals surface area contributed by atoms with Crippen LogP contribution < -0.4 is 16.4 Å². The van der Waals surface area contributed by atoms with Crippen molar-refractivity contribution in [3.05, 3.63) is 357 Å². The molecule has 0 saturated carbocycles. The number of ketones is 4.